The van der Waals surface area contributed by atoms with Crippen LogP contribution in [0.25, 0.3) is 10.9 Å². The van der Waals surface area contributed by atoms with E-state index in [1.54, 1.807) is 12.3 Å². The summed E-state index contributed by atoms with van der Waals surface area (Å²) in [5.41, 5.74) is 2.25. The second kappa shape index (κ2) is 6.02. The van der Waals surface area contributed by atoms with Crippen LogP contribution in [-0.4, -0.2) is 42.0 Å². The number of halogens is 1. The summed E-state index contributed by atoms with van der Waals surface area (Å²) in [4.78, 5) is 3.12. The van der Waals surface area contributed by atoms with Crippen molar-refractivity contribution in [1.82, 2.24) is 9.29 Å². The van der Waals surface area contributed by atoms with Crippen molar-refractivity contribution >= 4 is 38.4 Å². The number of nitrogens with zero attached hydrogens (tertiary/aromatic N) is 2. The van der Waals surface area contributed by atoms with Gasteiger partial charge in [0.15, 0.2) is 0 Å². The first-order valence-electron chi connectivity index (χ1n) is 8.27. The molecule has 0 unspecified atom stereocenters. The molecule has 6 nitrogen and oxygen atoms in total. The Labute approximate surface area is 151 Å². The number of nitrogens with one attached hydrogen (secondary N) is 1. The number of aliphatic hydroxyl groups is 1. The molecule has 25 heavy (non-hydrogen) atoms. The van der Waals surface area contributed by atoms with E-state index in [1.165, 1.54) is 8.61 Å². The summed E-state index contributed by atoms with van der Waals surface area (Å²) in [7, 11) is -3.66. The summed E-state index contributed by atoms with van der Waals surface area (Å²) in [6, 6.07) is 3.69. The van der Waals surface area contributed by atoms with Gasteiger partial charge in [-0.2, -0.15) is 12.7 Å². The zero-order valence-electron chi connectivity index (χ0n) is 13.7. The lowest BCUT2D eigenvalue weighted by Crippen LogP contribution is -2.50. The number of H-pyrrole nitrogens is 1. The summed E-state index contributed by atoms with van der Waals surface area (Å²) in [6.07, 6.45) is 4.34. The van der Waals surface area contributed by atoms with Crippen LogP contribution in [0, 0.1) is 5.92 Å². The van der Waals surface area contributed by atoms with Crippen molar-refractivity contribution in [3.05, 3.63) is 41.6 Å². The Morgan fingerprint density at radius 3 is 2.88 bits per heavy atom. The monoisotopic (exact) mass is 381 g/mol. The average molecular weight is 382 g/mol. The van der Waals surface area contributed by atoms with Gasteiger partial charge in [0.05, 0.1) is 28.9 Å². The molecule has 0 spiro atoms. The first-order chi connectivity index (χ1) is 11.9. The molecule has 0 radical (unpaired) electrons. The first-order valence-corrected chi connectivity index (χ1v) is 10.0. The van der Waals surface area contributed by atoms with Gasteiger partial charge in [0.1, 0.15) is 0 Å². The molecular weight excluding hydrogens is 362 g/mol. The lowest BCUT2D eigenvalue weighted by atomic mass is 9.82. The van der Waals surface area contributed by atoms with Gasteiger partial charge in [0.25, 0.3) is 0 Å². The second-order valence-corrected chi connectivity index (χ2v) is 9.00. The highest BCUT2D eigenvalue weighted by Gasteiger charge is 2.40. The minimum atomic E-state index is -3.66. The van der Waals surface area contributed by atoms with E-state index < -0.39 is 10.2 Å². The third-order valence-electron chi connectivity index (χ3n) is 5.01. The van der Waals surface area contributed by atoms with Crippen LogP contribution in [0.3, 0.4) is 0 Å². The Balaban J connectivity index is 1.81. The molecule has 134 valence electrons. The molecule has 1 aliphatic heterocycles. The van der Waals surface area contributed by atoms with E-state index in [4.69, 9.17) is 11.6 Å². The number of hydrogen-bond donors (Lipinski definition) is 2. The Hall–Kier alpha value is -1.54. The maximum atomic E-state index is 13.2. The Morgan fingerprint density at radius 1 is 1.44 bits per heavy atom. The molecule has 2 aliphatic rings. The largest absolute Gasteiger partial charge is 0.393 e. The van der Waals surface area contributed by atoms with Gasteiger partial charge in [-0.15, -0.1) is 6.58 Å². The SMILES string of the molecule is C=CCN1c2c(cc(Cl)c3cc[nH]c23)CN(CC2CC(O)C2)S1(=O)=O. The highest BCUT2D eigenvalue weighted by molar-refractivity contribution is 7.90. The topological polar surface area (TPSA) is 76.6 Å². The number of aliphatic hydroxyl groups excluding tert-OH is 1. The van der Waals surface area contributed by atoms with Gasteiger partial charge in [-0.25, -0.2) is 0 Å². The van der Waals surface area contributed by atoms with E-state index in [1.807, 2.05) is 12.1 Å². The van der Waals surface area contributed by atoms with E-state index >= 15 is 0 Å². The fraction of sp³-hybridized carbons (Fsp3) is 0.412. The molecule has 1 saturated carbocycles. The van der Waals surface area contributed by atoms with Crippen molar-refractivity contribution in [2.45, 2.75) is 25.5 Å². The van der Waals surface area contributed by atoms with Crippen molar-refractivity contribution in [2.24, 2.45) is 5.92 Å². The van der Waals surface area contributed by atoms with Crippen LogP contribution >= 0.6 is 11.6 Å². The summed E-state index contributed by atoms with van der Waals surface area (Å²) < 4.78 is 29.2. The van der Waals surface area contributed by atoms with Crippen molar-refractivity contribution in [3.8, 4) is 0 Å². The molecule has 2 aromatic rings. The maximum Gasteiger partial charge on any atom is 0.304 e. The number of anilines is 1. The van der Waals surface area contributed by atoms with Gasteiger partial charge in [0.2, 0.25) is 0 Å². The summed E-state index contributed by atoms with van der Waals surface area (Å²) in [5.74, 6) is 0.196. The van der Waals surface area contributed by atoms with Crippen molar-refractivity contribution in [1.29, 1.82) is 0 Å². The zero-order valence-corrected chi connectivity index (χ0v) is 15.2. The van der Waals surface area contributed by atoms with Crippen LogP contribution in [0.15, 0.2) is 31.0 Å². The van der Waals surface area contributed by atoms with Gasteiger partial charge in [-0.3, -0.25) is 4.31 Å². The molecule has 2 N–H and O–H groups in total. The molecular formula is C17H20ClN3O3S. The summed E-state index contributed by atoms with van der Waals surface area (Å²) >= 11 is 6.38. The smallest absolute Gasteiger partial charge is 0.304 e. The van der Waals surface area contributed by atoms with Crippen LogP contribution in [-0.2, 0) is 16.8 Å². The van der Waals surface area contributed by atoms with Crippen molar-refractivity contribution < 1.29 is 13.5 Å². The molecule has 2 heterocycles. The third-order valence-corrected chi connectivity index (χ3v) is 7.15. The number of aromatic nitrogens is 1. The van der Waals surface area contributed by atoms with Crippen LogP contribution in [0.5, 0.6) is 0 Å². The molecule has 1 aliphatic carbocycles. The molecule has 1 fully saturated rings. The number of rotatable bonds is 4. The number of benzene rings is 1. The van der Waals surface area contributed by atoms with Gasteiger partial charge in [-0.1, -0.05) is 17.7 Å². The Morgan fingerprint density at radius 2 is 2.20 bits per heavy atom. The predicted octanol–water partition coefficient (Wildman–Crippen LogP) is 2.65. The molecule has 0 amide bonds. The highest BCUT2D eigenvalue weighted by atomic mass is 35.5. The van der Waals surface area contributed by atoms with Crippen LogP contribution in [0.1, 0.15) is 18.4 Å². The summed E-state index contributed by atoms with van der Waals surface area (Å²) in [5, 5.41) is 10.9. The molecule has 0 saturated heterocycles. The minimum Gasteiger partial charge on any atom is -0.393 e. The normalized spacial score (nSPS) is 25.6. The number of hydrogen-bond acceptors (Lipinski definition) is 3. The van der Waals surface area contributed by atoms with Crippen molar-refractivity contribution in [2.75, 3.05) is 17.4 Å². The Bertz CT molecular complexity index is 934. The third kappa shape index (κ3) is 2.66. The maximum absolute atomic E-state index is 13.2. The standard InChI is InChI=1S/C17H20ClN3O3S/c1-2-5-21-17-12(8-15(18)14-3-4-19-16(14)17)10-20(25(21,23)24)9-11-6-13(22)7-11/h2-4,8,11,13,19,22H,1,5-7,9-10H2. The van der Waals surface area contributed by atoms with Crippen LogP contribution in [0.4, 0.5) is 5.69 Å². The summed E-state index contributed by atoms with van der Waals surface area (Å²) in [6.45, 7) is 4.59. The van der Waals surface area contributed by atoms with Crippen LogP contribution in [0.2, 0.25) is 5.02 Å². The van der Waals surface area contributed by atoms with E-state index in [-0.39, 0.29) is 25.1 Å². The zero-order chi connectivity index (χ0) is 17.8. The van der Waals surface area contributed by atoms with E-state index in [0.717, 1.165) is 16.5 Å². The number of fused-ring (bicyclic) bond motifs is 3. The number of aromatic amines is 1. The fourth-order valence-corrected chi connectivity index (χ4v) is 5.76. The molecule has 0 bridgehead atoms. The van der Waals surface area contributed by atoms with Gasteiger partial charge in [-0.05, 0) is 36.5 Å². The first kappa shape index (κ1) is 16.9. The fourth-order valence-electron chi connectivity index (χ4n) is 3.75. The van der Waals surface area contributed by atoms with Gasteiger partial charge >= 0.3 is 10.2 Å². The second-order valence-electron chi connectivity index (χ2n) is 6.74. The minimum absolute atomic E-state index is 0.189. The predicted molar refractivity (Wildman–Crippen MR) is 98.9 cm³/mol. The van der Waals surface area contributed by atoms with Gasteiger partial charge in [0, 0.05) is 24.7 Å². The van der Waals surface area contributed by atoms with Crippen molar-refractivity contribution in [3.63, 3.8) is 0 Å². The highest BCUT2D eigenvalue weighted by Crippen LogP contribution is 2.41. The van der Waals surface area contributed by atoms with E-state index in [2.05, 4.69) is 11.6 Å². The average Bonchev–Trinajstić information content (AvgIpc) is 3.00. The Kier molecular flexibility index (Phi) is 4.07. The molecule has 8 heteroatoms. The molecule has 4 rings (SSSR count). The molecule has 1 aromatic heterocycles. The van der Waals surface area contributed by atoms with E-state index in [0.29, 0.717) is 30.1 Å². The molecule has 1 aromatic carbocycles. The quantitative estimate of drug-likeness (QED) is 0.799. The van der Waals surface area contributed by atoms with Gasteiger partial charge < -0.3 is 10.1 Å². The van der Waals surface area contributed by atoms with E-state index in [9.17, 15) is 13.5 Å². The molecule has 0 atom stereocenters. The van der Waals surface area contributed by atoms with Crippen LogP contribution < -0.4 is 4.31 Å². The lowest BCUT2D eigenvalue weighted by molar-refractivity contribution is 0.0340. The lowest BCUT2D eigenvalue weighted by Gasteiger charge is -2.41.